The van der Waals surface area contributed by atoms with Crippen LogP contribution >= 0.6 is 0 Å². The summed E-state index contributed by atoms with van der Waals surface area (Å²) in [6.07, 6.45) is 0. The lowest BCUT2D eigenvalue weighted by atomic mass is 10.2. The number of hydrogen-bond donors (Lipinski definition) is 4. The zero-order chi connectivity index (χ0) is 22.8. The third kappa shape index (κ3) is 4.77. The molecule has 0 unspecified atom stereocenters. The Hall–Kier alpha value is -4.84. The van der Waals surface area contributed by atoms with Crippen molar-refractivity contribution in [3.8, 4) is 22.8 Å². The number of rotatable bonds is 4. The van der Waals surface area contributed by atoms with Crippen molar-refractivity contribution in [3.05, 3.63) is 84.2 Å². The molecule has 4 N–H and O–H groups in total. The van der Waals surface area contributed by atoms with Crippen molar-refractivity contribution >= 4 is 17.3 Å². The number of aromatic nitrogens is 8. The van der Waals surface area contributed by atoms with Gasteiger partial charge in [0.05, 0.1) is 12.3 Å². The van der Waals surface area contributed by atoms with Crippen LogP contribution in [0.4, 0.5) is 4.70 Å². The highest BCUT2D eigenvalue weighted by molar-refractivity contribution is 5.86. The van der Waals surface area contributed by atoms with E-state index in [1.165, 1.54) is 6.07 Å². The molecule has 0 saturated carbocycles. The predicted octanol–water partition coefficient (Wildman–Crippen LogP) is 3.43. The largest absolute Gasteiger partial charge is 0.477 e. The zero-order valence-electron chi connectivity index (χ0n) is 17.5. The van der Waals surface area contributed by atoms with Crippen LogP contribution in [0.1, 0.15) is 23.6 Å². The van der Waals surface area contributed by atoms with Gasteiger partial charge in [-0.1, -0.05) is 68.1 Å². The third-order valence-corrected chi connectivity index (χ3v) is 4.91. The van der Waals surface area contributed by atoms with E-state index in [9.17, 15) is 4.79 Å². The average molecular weight is 478 g/mol. The maximum absolute atomic E-state index is 10.8. The van der Waals surface area contributed by atoms with Crippen LogP contribution in [0.5, 0.6) is 0 Å². The molecule has 6 rings (SSSR count). The number of fused-ring (bicyclic) bond motifs is 2. The van der Waals surface area contributed by atoms with Crippen molar-refractivity contribution in [1.82, 2.24) is 39.6 Å². The van der Waals surface area contributed by atoms with Gasteiger partial charge in [-0.25, -0.2) is 13.8 Å². The summed E-state index contributed by atoms with van der Waals surface area (Å²) < 4.78 is 3.32. The maximum atomic E-state index is 10.8. The minimum absolute atomic E-state index is 0. The first kappa shape index (κ1) is 24.8. The molecule has 12 heteroatoms. The number of aliphatic hydroxyl groups is 1. The van der Waals surface area contributed by atoms with Crippen molar-refractivity contribution in [2.45, 2.75) is 14.0 Å². The van der Waals surface area contributed by atoms with E-state index < -0.39 is 5.97 Å². The molecule has 0 saturated heterocycles. The molecule has 0 spiro atoms. The molecular weight excluding hydrogens is 455 g/mol. The number of aliphatic hydroxyl groups excluding tert-OH is 1. The van der Waals surface area contributed by atoms with E-state index in [-0.39, 0.29) is 24.4 Å². The third-order valence-electron chi connectivity index (χ3n) is 4.91. The van der Waals surface area contributed by atoms with Crippen molar-refractivity contribution < 1.29 is 19.7 Å². The first-order chi connectivity index (χ1) is 16.1. The summed E-state index contributed by atoms with van der Waals surface area (Å²) in [4.78, 5) is 10.8. The van der Waals surface area contributed by atoms with Crippen molar-refractivity contribution in [2.75, 3.05) is 0 Å². The molecule has 11 nitrogen and oxygen atoms in total. The first-order valence-electron chi connectivity index (χ1n) is 9.96. The Labute approximate surface area is 198 Å². The second-order valence-corrected chi connectivity index (χ2v) is 7.08. The van der Waals surface area contributed by atoms with Crippen LogP contribution in [0.25, 0.3) is 34.1 Å². The number of nitrogens with zero attached hydrogens (tertiary/aromatic N) is 6. The number of carboxylic acid groups (broad SMARTS) is 1. The normalized spacial score (nSPS) is 10.3. The highest BCUT2D eigenvalue weighted by Gasteiger charge is 2.14. The number of aromatic amines is 2. The molecule has 0 radical (unpaired) electrons. The molecule has 6 aromatic rings. The van der Waals surface area contributed by atoms with E-state index in [1.54, 1.807) is 15.1 Å². The number of aromatic carboxylic acids is 1. The van der Waals surface area contributed by atoms with Gasteiger partial charge in [0.1, 0.15) is 5.69 Å². The Balaban J connectivity index is 0.000000185. The molecule has 0 amide bonds. The standard InChI is InChI=1S/C11H8N4O2.C11H10N4O.CH4.FH/c16-11(17)8-6-9-12-13-10(15(9)14-8)7-4-2-1-3-5-7;16-7-9-6-10-12-13-11(15(10)14-9)8-4-2-1-3-5-8;;/h1-6,14H,(H,16,17);1-6,14,16H,7H2;1H4;1H. The Kier molecular flexibility index (Phi) is 7.37. The van der Waals surface area contributed by atoms with Crippen LogP contribution in [0, 0.1) is 0 Å². The van der Waals surface area contributed by atoms with E-state index >= 15 is 0 Å². The van der Waals surface area contributed by atoms with E-state index in [4.69, 9.17) is 10.2 Å². The summed E-state index contributed by atoms with van der Waals surface area (Å²) in [5.41, 5.74) is 3.87. The SMILES string of the molecule is C.F.O=C(O)c1cc2nnc(-c3ccccc3)n2[nH]1.OCc1cc2nnc(-c3ccccc3)n2[nH]1. The van der Waals surface area contributed by atoms with Gasteiger partial charge in [0, 0.05) is 23.3 Å². The minimum atomic E-state index is -1.02. The van der Waals surface area contributed by atoms with Gasteiger partial charge in [0.2, 0.25) is 0 Å². The summed E-state index contributed by atoms with van der Waals surface area (Å²) in [5, 5.41) is 39.7. The number of H-pyrrole nitrogens is 2. The molecule has 0 fully saturated rings. The molecule has 0 aliphatic carbocycles. The van der Waals surface area contributed by atoms with Gasteiger partial charge >= 0.3 is 5.97 Å². The Morgan fingerprint density at radius 3 is 1.74 bits per heavy atom. The van der Waals surface area contributed by atoms with Gasteiger partial charge in [-0.2, -0.15) is 0 Å². The van der Waals surface area contributed by atoms with Crippen LogP contribution in [-0.2, 0) is 6.61 Å². The number of benzene rings is 2. The van der Waals surface area contributed by atoms with E-state index in [1.807, 2.05) is 60.7 Å². The lowest BCUT2D eigenvalue weighted by Gasteiger charge is -1.96. The fourth-order valence-electron chi connectivity index (χ4n) is 3.35. The van der Waals surface area contributed by atoms with Gasteiger partial charge in [0.25, 0.3) is 0 Å². The smallest absolute Gasteiger partial charge is 0.353 e. The lowest BCUT2D eigenvalue weighted by molar-refractivity contribution is 0.0690. The summed E-state index contributed by atoms with van der Waals surface area (Å²) >= 11 is 0. The zero-order valence-corrected chi connectivity index (χ0v) is 17.5. The average Bonchev–Trinajstić information content (AvgIpc) is 3.60. The van der Waals surface area contributed by atoms with Crippen LogP contribution < -0.4 is 0 Å². The fraction of sp³-hybridized carbons (Fsp3) is 0.0870. The molecule has 4 heterocycles. The van der Waals surface area contributed by atoms with Crippen molar-refractivity contribution in [2.24, 2.45) is 0 Å². The Bertz CT molecular complexity index is 1540. The van der Waals surface area contributed by atoms with Gasteiger partial charge < -0.3 is 10.2 Å². The minimum Gasteiger partial charge on any atom is -0.477 e. The molecule has 4 aromatic heterocycles. The molecule has 0 atom stereocenters. The maximum Gasteiger partial charge on any atom is 0.353 e. The number of hydrogen-bond acceptors (Lipinski definition) is 6. The Morgan fingerprint density at radius 1 is 0.771 bits per heavy atom. The second-order valence-electron chi connectivity index (χ2n) is 7.08. The van der Waals surface area contributed by atoms with E-state index in [0.29, 0.717) is 17.1 Å². The number of carbonyl (C=O) groups is 1. The van der Waals surface area contributed by atoms with Crippen LogP contribution in [-0.4, -0.2) is 55.8 Å². The topological polar surface area (TPSA) is 149 Å². The highest BCUT2D eigenvalue weighted by Crippen LogP contribution is 2.19. The summed E-state index contributed by atoms with van der Waals surface area (Å²) in [6, 6.07) is 22.5. The molecule has 35 heavy (non-hydrogen) atoms. The molecule has 180 valence electrons. The number of nitrogens with one attached hydrogen (secondary N) is 2. The van der Waals surface area contributed by atoms with Crippen molar-refractivity contribution in [1.29, 1.82) is 0 Å². The quantitative estimate of drug-likeness (QED) is 0.303. The Morgan fingerprint density at radius 2 is 1.26 bits per heavy atom. The lowest BCUT2D eigenvalue weighted by Crippen LogP contribution is -1.98. The van der Waals surface area contributed by atoms with Crippen molar-refractivity contribution in [3.63, 3.8) is 0 Å². The molecule has 0 aliphatic heterocycles. The van der Waals surface area contributed by atoms with Gasteiger partial charge in [-0.3, -0.25) is 14.9 Å². The van der Waals surface area contributed by atoms with E-state index in [0.717, 1.165) is 22.6 Å². The van der Waals surface area contributed by atoms with Crippen LogP contribution in [0.15, 0.2) is 72.8 Å². The van der Waals surface area contributed by atoms with E-state index in [2.05, 4.69) is 30.6 Å². The van der Waals surface area contributed by atoms with Gasteiger partial charge in [-0.15, -0.1) is 20.4 Å². The molecule has 0 bridgehead atoms. The molecular formula is C23H23FN8O3. The van der Waals surface area contributed by atoms with Crippen LogP contribution in [0.2, 0.25) is 0 Å². The molecule has 0 aliphatic rings. The fourth-order valence-corrected chi connectivity index (χ4v) is 3.35. The van der Waals surface area contributed by atoms with Gasteiger partial charge in [0.15, 0.2) is 22.9 Å². The highest BCUT2D eigenvalue weighted by atomic mass is 19.0. The summed E-state index contributed by atoms with van der Waals surface area (Å²) in [5.74, 6) is 0.318. The number of halogens is 1. The predicted molar refractivity (Wildman–Crippen MR) is 128 cm³/mol. The number of carboxylic acids is 1. The summed E-state index contributed by atoms with van der Waals surface area (Å²) in [7, 11) is 0. The summed E-state index contributed by atoms with van der Waals surface area (Å²) in [6.45, 7) is -0.0302. The second kappa shape index (κ2) is 10.4. The monoisotopic (exact) mass is 478 g/mol. The molecule has 2 aromatic carbocycles. The van der Waals surface area contributed by atoms with Crippen LogP contribution in [0.3, 0.4) is 0 Å². The van der Waals surface area contributed by atoms with Gasteiger partial charge in [-0.05, 0) is 0 Å². The first-order valence-corrected chi connectivity index (χ1v) is 9.96.